The van der Waals surface area contributed by atoms with Gasteiger partial charge in [0.25, 0.3) is 0 Å². The molecule has 3 aliphatic heterocycles. The number of fused-ring (bicyclic) bond motifs is 1. The van der Waals surface area contributed by atoms with Gasteiger partial charge in [0.15, 0.2) is 0 Å². The van der Waals surface area contributed by atoms with Crippen LogP contribution in [0.3, 0.4) is 0 Å². The van der Waals surface area contributed by atoms with Gasteiger partial charge in [-0.15, -0.1) is 0 Å². The standard InChI is InChI=1S/C34H48N2O3/c1-10-23(3)32-27(13-12-14-30(32)39-22-26-15-17-37-18-16-26)33-29-19-24(4)28(25(5)38-11-2)20-36(29)31(21-35(33)9)34(6,7)8/h12-14,19-20,26,31H,4-5,10-11,15-18,21-22H2,1-3,6-9H3/b32-23?,33-27-. The zero-order chi connectivity index (χ0) is 28.3. The van der Waals surface area contributed by atoms with Crippen LogP contribution in [0.15, 0.2) is 66.2 Å². The van der Waals surface area contributed by atoms with Crippen LogP contribution in [-0.2, 0) is 9.47 Å². The van der Waals surface area contributed by atoms with Gasteiger partial charge < -0.3 is 24.0 Å². The molecule has 0 amide bonds. The SMILES string of the molecule is C=C1C=C2/C(=c3\cccc(OCC4CCOCC4)c3=C(C)CC)N(C)CC(C(C)(C)C)N2C=C1C(=C)OCC. The van der Waals surface area contributed by atoms with Gasteiger partial charge in [-0.2, -0.15) is 0 Å². The van der Waals surface area contributed by atoms with E-state index in [2.05, 4.69) is 95.1 Å². The number of allylic oxidation sites excluding steroid dienone is 2. The Bertz CT molecular complexity index is 1270. The number of nitrogens with zero attached hydrogens (tertiary/aromatic N) is 2. The molecule has 2 fully saturated rings. The molecule has 212 valence electrons. The van der Waals surface area contributed by atoms with Crippen LogP contribution in [0, 0.1) is 11.3 Å². The van der Waals surface area contributed by atoms with Crippen LogP contribution >= 0.6 is 0 Å². The molecule has 0 aromatic heterocycles. The van der Waals surface area contributed by atoms with Crippen LogP contribution in [0.1, 0.15) is 60.8 Å². The molecule has 1 atom stereocenters. The van der Waals surface area contributed by atoms with Crippen molar-refractivity contribution in [1.82, 2.24) is 9.80 Å². The van der Waals surface area contributed by atoms with Gasteiger partial charge in [-0.05, 0) is 62.2 Å². The third kappa shape index (κ3) is 6.14. The molecule has 4 rings (SSSR count). The molecule has 1 aromatic carbocycles. The third-order valence-electron chi connectivity index (χ3n) is 8.28. The van der Waals surface area contributed by atoms with Crippen molar-refractivity contribution in [3.05, 3.63) is 76.7 Å². The first-order valence-corrected chi connectivity index (χ1v) is 14.5. The highest BCUT2D eigenvalue weighted by Crippen LogP contribution is 2.41. The van der Waals surface area contributed by atoms with E-state index in [1.807, 2.05) is 6.92 Å². The summed E-state index contributed by atoms with van der Waals surface area (Å²) in [5, 5.41) is 2.42. The van der Waals surface area contributed by atoms with Crippen LogP contribution in [0.5, 0.6) is 5.75 Å². The zero-order valence-electron chi connectivity index (χ0n) is 25.2. The quantitative estimate of drug-likeness (QED) is 0.419. The Hall–Kier alpha value is -2.92. The maximum Gasteiger partial charge on any atom is 0.127 e. The molecule has 3 heterocycles. The molecule has 0 aliphatic carbocycles. The lowest BCUT2D eigenvalue weighted by molar-refractivity contribution is 0.0496. The monoisotopic (exact) mass is 532 g/mol. The molecule has 0 saturated carbocycles. The number of piperazine rings is 1. The van der Waals surface area contributed by atoms with Crippen molar-refractivity contribution < 1.29 is 14.2 Å². The predicted molar refractivity (Wildman–Crippen MR) is 161 cm³/mol. The number of hydrogen-bond donors (Lipinski definition) is 0. The Balaban J connectivity index is 1.89. The highest BCUT2D eigenvalue weighted by molar-refractivity contribution is 5.70. The van der Waals surface area contributed by atoms with E-state index in [0.717, 1.165) is 68.2 Å². The molecule has 39 heavy (non-hydrogen) atoms. The van der Waals surface area contributed by atoms with Crippen molar-refractivity contribution in [2.45, 2.75) is 66.8 Å². The van der Waals surface area contributed by atoms with Crippen molar-refractivity contribution in [3.63, 3.8) is 0 Å². The number of ether oxygens (including phenoxy) is 3. The molecule has 5 nitrogen and oxygen atoms in total. The fourth-order valence-corrected chi connectivity index (χ4v) is 5.82. The Morgan fingerprint density at radius 2 is 1.87 bits per heavy atom. The topological polar surface area (TPSA) is 34.2 Å². The van der Waals surface area contributed by atoms with Gasteiger partial charge in [-0.3, -0.25) is 0 Å². The second-order valence-electron chi connectivity index (χ2n) is 12.2. The number of rotatable bonds is 7. The first kappa shape index (κ1) is 29.1. The van der Waals surface area contributed by atoms with E-state index in [9.17, 15) is 0 Å². The Morgan fingerprint density at radius 3 is 2.51 bits per heavy atom. The summed E-state index contributed by atoms with van der Waals surface area (Å²) >= 11 is 0. The summed E-state index contributed by atoms with van der Waals surface area (Å²) in [6.07, 6.45) is 7.50. The lowest BCUT2D eigenvalue weighted by Crippen LogP contribution is -2.55. The number of hydrogen-bond acceptors (Lipinski definition) is 5. The average molecular weight is 533 g/mol. The van der Waals surface area contributed by atoms with Crippen LogP contribution in [0.2, 0.25) is 0 Å². The minimum Gasteiger partial charge on any atom is -0.494 e. The van der Waals surface area contributed by atoms with Crippen molar-refractivity contribution in [1.29, 1.82) is 0 Å². The first-order chi connectivity index (χ1) is 18.6. The normalized spacial score (nSPS) is 22.6. The maximum absolute atomic E-state index is 6.58. The molecular weight excluding hydrogens is 484 g/mol. The van der Waals surface area contributed by atoms with E-state index in [-0.39, 0.29) is 11.5 Å². The Kier molecular flexibility index (Phi) is 9.00. The minimum absolute atomic E-state index is 0.0507. The highest BCUT2D eigenvalue weighted by atomic mass is 16.5. The predicted octanol–water partition coefficient (Wildman–Crippen LogP) is 5.73. The van der Waals surface area contributed by atoms with Crippen molar-refractivity contribution in [2.75, 3.05) is 40.0 Å². The van der Waals surface area contributed by atoms with Crippen LogP contribution in [-0.4, -0.2) is 55.9 Å². The van der Waals surface area contributed by atoms with E-state index in [4.69, 9.17) is 14.2 Å². The summed E-state index contributed by atoms with van der Waals surface area (Å²) in [6.45, 7) is 25.9. The molecule has 5 heteroatoms. The van der Waals surface area contributed by atoms with Gasteiger partial charge in [0, 0.05) is 49.0 Å². The summed E-state index contributed by atoms with van der Waals surface area (Å²) < 4.78 is 18.0. The Morgan fingerprint density at radius 1 is 1.15 bits per heavy atom. The minimum atomic E-state index is 0.0507. The summed E-state index contributed by atoms with van der Waals surface area (Å²) in [6, 6.07) is 6.79. The van der Waals surface area contributed by atoms with Crippen LogP contribution < -0.4 is 15.2 Å². The maximum atomic E-state index is 6.58. The van der Waals surface area contributed by atoms with Gasteiger partial charge in [0.1, 0.15) is 11.5 Å². The van der Waals surface area contributed by atoms with E-state index in [1.165, 1.54) is 21.7 Å². The van der Waals surface area contributed by atoms with Gasteiger partial charge in [-0.25, -0.2) is 0 Å². The molecule has 1 aromatic rings. The molecule has 2 saturated heterocycles. The largest absolute Gasteiger partial charge is 0.494 e. The fraction of sp³-hybridized carbons (Fsp3) is 0.529. The summed E-state index contributed by atoms with van der Waals surface area (Å²) in [5.74, 6) is 2.18. The lowest BCUT2D eigenvalue weighted by atomic mass is 9.82. The van der Waals surface area contributed by atoms with Gasteiger partial charge in [0.05, 0.1) is 30.6 Å². The molecule has 0 N–H and O–H groups in total. The summed E-state index contributed by atoms with van der Waals surface area (Å²) in [7, 11) is 2.22. The van der Waals surface area contributed by atoms with E-state index in [0.29, 0.717) is 18.3 Å². The van der Waals surface area contributed by atoms with E-state index >= 15 is 0 Å². The fourth-order valence-electron chi connectivity index (χ4n) is 5.82. The lowest BCUT2D eigenvalue weighted by Gasteiger charge is -2.50. The zero-order valence-corrected chi connectivity index (χ0v) is 25.2. The van der Waals surface area contributed by atoms with Crippen molar-refractivity contribution in [3.8, 4) is 5.75 Å². The molecule has 1 unspecified atom stereocenters. The van der Waals surface area contributed by atoms with Crippen LogP contribution in [0.25, 0.3) is 11.3 Å². The van der Waals surface area contributed by atoms with Crippen LogP contribution in [0.4, 0.5) is 0 Å². The second-order valence-corrected chi connectivity index (χ2v) is 12.2. The smallest absolute Gasteiger partial charge is 0.127 e. The summed E-state index contributed by atoms with van der Waals surface area (Å²) in [5.41, 5.74) is 5.62. The Labute approximate surface area is 235 Å². The van der Waals surface area contributed by atoms with E-state index < -0.39 is 0 Å². The van der Waals surface area contributed by atoms with E-state index in [1.54, 1.807) is 0 Å². The highest BCUT2D eigenvalue weighted by Gasteiger charge is 2.40. The average Bonchev–Trinajstić information content (AvgIpc) is 2.90. The third-order valence-corrected chi connectivity index (χ3v) is 8.28. The van der Waals surface area contributed by atoms with Gasteiger partial charge in [-0.1, -0.05) is 58.6 Å². The molecule has 3 aliphatic rings. The van der Waals surface area contributed by atoms with Crippen molar-refractivity contribution in [2.24, 2.45) is 11.3 Å². The van der Waals surface area contributed by atoms with Gasteiger partial charge in [0.2, 0.25) is 0 Å². The number of benzene rings is 1. The van der Waals surface area contributed by atoms with Crippen molar-refractivity contribution >= 4 is 11.3 Å². The number of likely N-dealkylation sites (N-methyl/N-ethyl adjacent to an activating group) is 1. The summed E-state index contributed by atoms with van der Waals surface area (Å²) in [4.78, 5) is 4.86. The molecule has 0 spiro atoms. The first-order valence-electron chi connectivity index (χ1n) is 14.5. The van der Waals surface area contributed by atoms with Gasteiger partial charge >= 0.3 is 0 Å². The second kappa shape index (κ2) is 12.1. The molecule has 0 bridgehead atoms. The molecule has 0 radical (unpaired) electrons. The molecular formula is C34H48N2O3.